The van der Waals surface area contributed by atoms with Crippen LogP contribution in [-0.4, -0.2) is 58.7 Å². The first-order chi connectivity index (χ1) is 12.3. The lowest BCUT2D eigenvalue weighted by molar-refractivity contribution is -0.137. The van der Waals surface area contributed by atoms with Crippen LogP contribution < -0.4 is 10.2 Å². The maximum Gasteiger partial charge on any atom is 0.323 e. The molecule has 1 unspecified atom stereocenters. The molecule has 9 nitrogen and oxygen atoms in total. The number of piperidine rings is 1. The van der Waals surface area contributed by atoms with Crippen LogP contribution in [0.2, 0.25) is 0 Å². The summed E-state index contributed by atoms with van der Waals surface area (Å²) in [6.45, 7) is 1.94. The second-order valence-electron chi connectivity index (χ2n) is 6.09. The summed E-state index contributed by atoms with van der Waals surface area (Å²) in [5, 5.41) is 11.1. The number of likely N-dealkylation sites (N-methyl/N-ethyl adjacent to an activating group) is 1. The van der Waals surface area contributed by atoms with E-state index >= 15 is 0 Å². The van der Waals surface area contributed by atoms with Crippen molar-refractivity contribution in [3.8, 4) is 0 Å². The Balaban J connectivity index is 1.91. The Hall–Kier alpha value is -3.23. The van der Waals surface area contributed by atoms with Crippen molar-refractivity contribution in [2.24, 2.45) is 0 Å². The standard InChI is InChI=1S/C17H17N3O6/c1-2-19(8-14(22)23)9-3-4-10-11(7-9)17(26)20(16(10)25)12-5-6-13(21)18-15(12)24/h3-4,7,12H,2,5-6,8H2,1H3,(H,22,23)(H,18,21,24). The molecule has 2 aliphatic rings. The minimum Gasteiger partial charge on any atom is -0.480 e. The molecule has 26 heavy (non-hydrogen) atoms. The van der Waals surface area contributed by atoms with Gasteiger partial charge in [-0.1, -0.05) is 0 Å². The number of hydrogen-bond acceptors (Lipinski definition) is 6. The average molecular weight is 359 g/mol. The van der Waals surface area contributed by atoms with E-state index in [1.165, 1.54) is 12.1 Å². The highest BCUT2D eigenvalue weighted by Gasteiger charge is 2.44. The van der Waals surface area contributed by atoms with Crippen LogP contribution in [-0.2, 0) is 14.4 Å². The van der Waals surface area contributed by atoms with Gasteiger partial charge in [0.1, 0.15) is 12.6 Å². The van der Waals surface area contributed by atoms with E-state index in [9.17, 15) is 24.0 Å². The first-order valence-electron chi connectivity index (χ1n) is 8.15. The number of carbonyl (C=O) groups excluding carboxylic acids is 4. The topological polar surface area (TPSA) is 124 Å². The summed E-state index contributed by atoms with van der Waals surface area (Å²) in [6.07, 6.45) is 0.139. The Labute approximate surface area is 148 Å². The number of nitrogens with zero attached hydrogens (tertiary/aromatic N) is 2. The molecule has 3 rings (SSSR count). The van der Waals surface area contributed by atoms with Crippen molar-refractivity contribution in [3.05, 3.63) is 29.3 Å². The highest BCUT2D eigenvalue weighted by Crippen LogP contribution is 2.30. The molecule has 1 aromatic carbocycles. The second-order valence-corrected chi connectivity index (χ2v) is 6.09. The van der Waals surface area contributed by atoms with Crippen LogP contribution in [0.5, 0.6) is 0 Å². The number of imide groups is 2. The zero-order chi connectivity index (χ0) is 19.0. The predicted molar refractivity (Wildman–Crippen MR) is 88.6 cm³/mol. The fourth-order valence-corrected chi connectivity index (χ4v) is 3.20. The number of amides is 4. The largest absolute Gasteiger partial charge is 0.480 e. The zero-order valence-corrected chi connectivity index (χ0v) is 14.0. The summed E-state index contributed by atoms with van der Waals surface area (Å²) >= 11 is 0. The van der Waals surface area contributed by atoms with Crippen LogP contribution in [0.4, 0.5) is 5.69 Å². The fraction of sp³-hybridized carbons (Fsp3) is 0.353. The van der Waals surface area contributed by atoms with Crippen molar-refractivity contribution in [3.63, 3.8) is 0 Å². The monoisotopic (exact) mass is 359 g/mol. The van der Waals surface area contributed by atoms with Gasteiger partial charge in [-0.15, -0.1) is 0 Å². The van der Waals surface area contributed by atoms with Crippen molar-refractivity contribution in [1.29, 1.82) is 0 Å². The van der Waals surface area contributed by atoms with Gasteiger partial charge in [0.2, 0.25) is 11.8 Å². The van der Waals surface area contributed by atoms with E-state index in [-0.39, 0.29) is 30.5 Å². The van der Waals surface area contributed by atoms with E-state index in [1.54, 1.807) is 17.9 Å². The van der Waals surface area contributed by atoms with Gasteiger partial charge in [-0.3, -0.25) is 34.2 Å². The van der Waals surface area contributed by atoms with E-state index in [0.717, 1.165) is 4.90 Å². The van der Waals surface area contributed by atoms with Crippen molar-refractivity contribution >= 4 is 35.3 Å². The van der Waals surface area contributed by atoms with Crippen LogP contribution >= 0.6 is 0 Å². The van der Waals surface area contributed by atoms with Crippen molar-refractivity contribution in [2.75, 3.05) is 18.0 Å². The lowest BCUT2D eigenvalue weighted by Gasteiger charge is -2.27. The third-order valence-corrected chi connectivity index (χ3v) is 4.50. The molecule has 0 bridgehead atoms. The lowest BCUT2D eigenvalue weighted by Crippen LogP contribution is -2.54. The fourth-order valence-electron chi connectivity index (χ4n) is 3.20. The first kappa shape index (κ1) is 17.6. The number of carboxylic acid groups (broad SMARTS) is 1. The molecule has 1 aromatic rings. The van der Waals surface area contributed by atoms with Crippen molar-refractivity contribution in [2.45, 2.75) is 25.8 Å². The van der Waals surface area contributed by atoms with Crippen LogP contribution in [0.3, 0.4) is 0 Å². The number of anilines is 1. The Morgan fingerprint density at radius 1 is 1.23 bits per heavy atom. The van der Waals surface area contributed by atoms with E-state index in [2.05, 4.69) is 5.32 Å². The third-order valence-electron chi connectivity index (χ3n) is 4.50. The molecule has 4 amide bonds. The molecule has 2 aliphatic heterocycles. The summed E-state index contributed by atoms with van der Waals surface area (Å²) in [5.74, 6) is -3.32. The number of carbonyl (C=O) groups is 5. The smallest absolute Gasteiger partial charge is 0.323 e. The highest BCUT2D eigenvalue weighted by molar-refractivity contribution is 6.23. The summed E-state index contributed by atoms with van der Waals surface area (Å²) < 4.78 is 0. The van der Waals surface area contributed by atoms with E-state index in [1.807, 2.05) is 0 Å². The molecule has 1 fully saturated rings. The number of aliphatic carboxylic acids is 1. The van der Waals surface area contributed by atoms with Crippen molar-refractivity contribution < 1.29 is 29.1 Å². The van der Waals surface area contributed by atoms with Gasteiger partial charge in [0.25, 0.3) is 11.8 Å². The third kappa shape index (κ3) is 2.92. The second kappa shape index (κ2) is 6.58. The van der Waals surface area contributed by atoms with Crippen LogP contribution in [0.25, 0.3) is 0 Å². The zero-order valence-electron chi connectivity index (χ0n) is 14.0. The van der Waals surface area contributed by atoms with Gasteiger partial charge in [0.15, 0.2) is 0 Å². The molecule has 0 aliphatic carbocycles. The number of nitrogens with one attached hydrogen (secondary N) is 1. The van der Waals surface area contributed by atoms with Crippen LogP contribution in [0.15, 0.2) is 18.2 Å². The van der Waals surface area contributed by atoms with Gasteiger partial charge in [-0.2, -0.15) is 0 Å². The lowest BCUT2D eigenvalue weighted by atomic mass is 10.0. The number of benzene rings is 1. The number of hydrogen-bond donors (Lipinski definition) is 2. The van der Waals surface area contributed by atoms with Gasteiger partial charge in [-0.25, -0.2) is 0 Å². The predicted octanol–water partition coefficient (Wildman–Crippen LogP) is -0.00130. The van der Waals surface area contributed by atoms with Gasteiger partial charge in [-0.05, 0) is 31.5 Å². The molecule has 2 heterocycles. The minimum atomic E-state index is -1.02. The molecule has 0 radical (unpaired) electrons. The molecular formula is C17H17N3O6. The molecule has 1 saturated heterocycles. The molecule has 9 heteroatoms. The van der Waals surface area contributed by atoms with Crippen LogP contribution in [0, 0.1) is 0 Å². The van der Waals surface area contributed by atoms with Gasteiger partial charge >= 0.3 is 5.97 Å². The molecule has 136 valence electrons. The van der Waals surface area contributed by atoms with E-state index in [4.69, 9.17) is 5.11 Å². The van der Waals surface area contributed by atoms with E-state index < -0.39 is 35.6 Å². The minimum absolute atomic E-state index is 0.0529. The molecule has 2 N–H and O–H groups in total. The number of rotatable bonds is 5. The molecule has 0 spiro atoms. The maximum atomic E-state index is 12.7. The highest BCUT2D eigenvalue weighted by atomic mass is 16.4. The quantitative estimate of drug-likeness (QED) is 0.709. The van der Waals surface area contributed by atoms with Crippen LogP contribution in [0.1, 0.15) is 40.5 Å². The molecule has 1 atom stereocenters. The van der Waals surface area contributed by atoms with Gasteiger partial charge < -0.3 is 10.0 Å². The van der Waals surface area contributed by atoms with E-state index in [0.29, 0.717) is 12.2 Å². The Morgan fingerprint density at radius 2 is 1.92 bits per heavy atom. The number of carboxylic acids is 1. The maximum absolute atomic E-state index is 12.7. The Kier molecular flexibility index (Phi) is 4.45. The molecule has 0 saturated carbocycles. The van der Waals surface area contributed by atoms with Gasteiger partial charge in [0.05, 0.1) is 11.1 Å². The average Bonchev–Trinajstić information content (AvgIpc) is 2.84. The first-order valence-corrected chi connectivity index (χ1v) is 8.15. The van der Waals surface area contributed by atoms with Crippen molar-refractivity contribution in [1.82, 2.24) is 10.2 Å². The summed E-state index contributed by atoms with van der Waals surface area (Å²) in [5.41, 5.74) is 0.788. The number of fused-ring (bicyclic) bond motifs is 1. The molecular weight excluding hydrogens is 342 g/mol. The normalized spacial score (nSPS) is 19.4. The van der Waals surface area contributed by atoms with Gasteiger partial charge in [0, 0.05) is 18.7 Å². The molecule has 0 aromatic heterocycles. The summed E-state index contributed by atoms with van der Waals surface area (Å²) in [7, 11) is 0. The Bertz CT molecular complexity index is 834. The SMILES string of the molecule is CCN(CC(=O)O)c1ccc2c(c1)C(=O)N(C1CCC(=O)NC1=O)C2=O. The summed E-state index contributed by atoms with van der Waals surface area (Å²) in [4.78, 5) is 62.0. The summed E-state index contributed by atoms with van der Waals surface area (Å²) in [6, 6.07) is 3.48. The Morgan fingerprint density at radius 3 is 2.54 bits per heavy atom.